The third-order valence-corrected chi connectivity index (χ3v) is 3.94. The third kappa shape index (κ3) is 5.63. The highest BCUT2D eigenvalue weighted by molar-refractivity contribution is 5.87. The van der Waals surface area contributed by atoms with Gasteiger partial charge in [-0.2, -0.15) is 0 Å². The average Bonchev–Trinajstić information content (AvgIpc) is 3.26. The maximum absolute atomic E-state index is 12.9. The van der Waals surface area contributed by atoms with Crippen LogP contribution >= 0.6 is 0 Å². The van der Waals surface area contributed by atoms with Crippen molar-refractivity contribution < 1.29 is 38.1 Å². The van der Waals surface area contributed by atoms with Crippen LogP contribution in [0.2, 0.25) is 0 Å². The zero-order valence-electron chi connectivity index (χ0n) is 16.5. The molecule has 0 saturated heterocycles. The number of halogens is 3. The first-order valence-corrected chi connectivity index (χ1v) is 8.41. The number of carbonyl (C=O) groups is 2. The largest absolute Gasteiger partial charge is 0.481 e. The Morgan fingerprint density at radius 1 is 0.967 bits per heavy atom. The number of fused-ring (bicyclic) bond motifs is 2. The molecule has 0 fully saturated rings. The lowest BCUT2D eigenvalue weighted by Crippen LogP contribution is -2.13. The van der Waals surface area contributed by atoms with Crippen LogP contribution in [0.25, 0.3) is 21.9 Å². The summed E-state index contributed by atoms with van der Waals surface area (Å²) < 4.78 is 51.4. The van der Waals surface area contributed by atoms with Crippen molar-refractivity contribution in [3.8, 4) is 0 Å². The molecule has 3 N–H and O–H groups in total. The third-order valence-electron chi connectivity index (χ3n) is 3.94. The maximum Gasteiger partial charge on any atom is 0.307 e. The minimum atomic E-state index is -1.00. The molecule has 0 radical (unpaired) electrons. The van der Waals surface area contributed by atoms with Crippen molar-refractivity contribution in [2.45, 2.75) is 12.8 Å². The first-order valence-electron chi connectivity index (χ1n) is 9.12. The van der Waals surface area contributed by atoms with Crippen LogP contribution in [-0.2, 0) is 22.4 Å². The zero-order valence-corrected chi connectivity index (χ0v) is 15.5. The van der Waals surface area contributed by atoms with Crippen LogP contribution in [0.3, 0.4) is 0 Å². The number of carbonyl (C=O) groups excluding carboxylic acids is 1. The molecule has 158 valence electrons. The van der Waals surface area contributed by atoms with E-state index in [1.54, 1.807) is 0 Å². The Hall–Kier alpha value is -3.75. The number of alkyl halides is 1. The fourth-order valence-electron chi connectivity index (χ4n) is 2.73. The van der Waals surface area contributed by atoms with Crippen LogP contribution in [0.1, 0.15) is 12.5 Å². The minimum absolute atomic E-state index is 0.0659. The summed E-state index contributed by atoms with van der Waals surface area (Å²) >= 11 is 0. The maximum atomic E-state index is 12.9. The standard InChI is InChI=1S/C10H8FNO2.C10H7FO3.CH3F/c2*11-7-1-2-9-8(4-7)6(5-14-9)3-10(12)13;1-2/h1-2,4-5H,3H2,(H2,12,13);1-2,4-5H,3H2,(H,12,13);1H3/i;;1D. The molecule has 9 heteroatoms. The summed E-state index contributed by atoms with van der Waals surface area (Å²) in [4.78, 5) is 21.1. The first-order chi connectivity index (χ1) is 14.7. The Morgan fingerprint density at radius 3 is 1.80 bits per heavy atom. The first kappa shape index (κ1) is 21.0. The number of carboxylic acid groups (broad SMARTS) is 1. The van der Waals surface area contributed by atoms with Gasteiger partial charge in [0.15, 0.2) is 0 Å². The van der Waals surface area contributed by atoms with Gasteiger partial charge in [0.1, 0.15) is 22.8 Å². The fourth-order valence-corrected chi connectivity index (χ4v) is 2.73. The normalized spacial score (nSPS) is 10.6. The monoisotopic (exact) mass is 422 g/mol. The molecule has 0 aliphatic heterocycles. The van der Waals surface area contributed by atoms with Crippen LogP contribution in [-0.4, -0.2) is 24.1 Å². The van der Waals surface area contributed by atoms with E-state index in [9.17, 15) is 22.8 Å². The summed E-state index contributed by atoms with van der Waals surface area (Å²) in [6.07, 6.45) is 2.68. The van der Waals surface area contributed by atoms with E-state index < -0.39 is 24.8 Å². The number of rotatable bonds is 4. The van der Waals surface area contributed by atoms with Crippen molar-refractivity contribution in [3.05, 3.63) is 71.7 Å². The van der Waals surface area contributed by atoms with E-state index in [2.05, 4.69) is 0 Å². The van der Waals surface area contributed by atoms with Crippen molar-refractivity contribution in [1.82, 2.24) is 0 Å². The van der Waals surface area contributed by atoms with Gasteiger partial charge in [0, 0.05) is 21.9 Å². The Balaban J connectivity index is 0.000000196. The van der Waals surface area contributed by atoms with Crippen LogP contribution in [0.15, 0.2) is 57.8 Å². The average molecular weight is 422 g/mol. The summed E-state index contributed by atoms with van der Waals surface area (Å²) in [5, 5.41) is 9.70. The van der Waals surface area contributed by atoms with Crippen LogP contribution in [0, 0.1) is 11.6 Å². The number of hydrogen-bond acceptors (Lipinski definition) is 4. The fraction of sp³-hybridized carbons (Fsp3) is 0.143. The molecule has 0 atom stereocenters. The summed E-state index contributed by atoms with van der Waals surface area (Å²) in [7, 11) is -1.00. The summed E-state index contributed by atoms with van der Waals surface area (Å²) in [6.45, 7) is 0. The van der Waals surface area contributed by atoms with E-state index in [0.717, 1.165) is 0 Å². The summed E-state index contributed by atoms with van der Waals surface area (Å²) in [6, 6.07) is 8.19. The van der Waals surface area contributed by atoms with E-state index in [1.165, 1.54) is 48.9 Å². The number of furan rings is 2. The van der Waals surface area contributed by atoms with Gasteiger partial charge >= 0.3 is 5.97 Å². The molecule has 0 unspecified atom stereocenters. The molecule has 0 bridgehead atoms. The van der Waals surface area contributed by atoms with E-state index in [-0.39, 0.29) is 18.7 Å². The number of nitrogens with two attached hydrogens (primary N) is 1. The van der Waals surface area contributed by atoms with Crippen molar-refractivity contribution in [1.29, 1.82) is 0 Å². The summed E-state index contributed by atoms with van der Waals surface area (Å²) in [5.41, 5.74) is 7.21. The molecule has 0 saturated carbocycles. The molecule has 4 rings (SSSR count). The second-order valence-corrected chi connectivity index (χ2v) is 6.02. The molecule has 2 aromatic heterocycles. The van der Waals surface area contributed by atoms with Gasteiger partial charge in [-0.15, -0.1) is 0 Å². The van der Waals surface area contributed by atoms with E-state index in [0.29, 0.717) is 33.1 Å². The molecule has 0 aliphatic carbocycles. The van der Waals surface area contributed by atoms with Gasteiger partial charge in [-0.25, -0.2) is 8.78 Å². The van der Waals surface area contributed by atoms with Crippen LogP contribution in [0.4, 0.5) is 13.2 Å². The number of amides is 1. The lowest BCUT2D eigenvalue weighted by Gasteiger charge is -1.93. The minimum Gasteiger partial charge on any atom is -0.481 e. The number of benzene rings is 2. The molecular formula is C21H18F3NO5. The van der Waals surface area contributed by atoms with E-state index in [1.807, 2.05) is 0 Å². The second-order valence-electron chi connectivity index (χ2n) is 6.02. The van der Waals surface area contributed by atoms with E-state index >= 15 is 0 Å². The molecule has 2 heterocycles. The Bertz CT molecular complexity index is 1100. The van der Waals surface area contributed by atoms with Gasteiger partial charge in [0.05, 0.1) is 33.9 Å². The van der Waals surface area contributed by atoms with Crippen LogP contribution in [0.5, 0.6) is 0 Å². The highest BCUT2D eigenvalue weighted by Crippen LogP contribution is 2.23. The molecule has 1 amide bonds. The topological polar surface area (TPSA) is 107 Å². The molecule has 0 aliphatic rings. The molecule has 0 spiro atoms. The Kier molecular flexibility index (Phi) is 7.09. The van der Waals surface area contributed by atoms with Crippen molar-refractivity contribution in [3.63, 3.8) is 0 Å². The van der Waals surface area contributed by atoms with Crippen molar-refractivity contribution >= 4 is 33.8 Å². The highest BCUT2D eigenvalue weighted by Gasteiger charge is 2.10. The van der Waals surface area contributed by atoms with Gasteiger partial charge in [0.25, 0.3) is 0 Å². The predicted molar refractivity (Wildman–Crippen MR) is 104 cm³/mol. The highest BCUT2D eigenvalue weighted by atomic mass is 19.1. The van der Waals surface area contributed by atoms with Crippen molar-refractivity contribution in [2.75, 3.05) is 7.15 Å². The SMILES string of the molecule is NC(=O)Cc1coc2ccc(F)cc12.O=C(O)Cc1coc2ccc(F)cc12.[2H]CF. The number of hydrogen-bond donors (Lipinski definition) is 2. The predicted octanol–water partition coefficient (Wildman–Crippen LogP) is 4.38. The molecule has 6 nitrogen and oxygen atoms in total. The zero-order chi connectivity index (χ0) is 23.0. The quantitative estimate of drug-likeness (QED) is 0.507. The van der Waals surface area contributed by atoms with Gasteiger partial charge in [0.2, 0.25) is 5.91 Å². The number of carboxylic acids is 1. The van der Waals surface area contributed by atoms with E-state index in [4.69, 9.17) is 21.0 Å². The second kappa shape index (κ2) is 10.1. The summed E-state index contributed by atoms with van der Waals surface area (Å²) in [5.74, 6) is -2.18. The molecule has 30 heavy (non-hydrogen) atoms. The van der Waals surface area contributed by atoms with Gasteiger partial charge < -0.3 is 19.7 Å². The molecule has 2 aromatic carbocycles. The number of primary amides is 1. The van der Waals surface area contributed by atoms with Crippen LogP contribution < -0.4 is 5.73 Å². The lowest BCUT2D eigenvalue weighted by atomic mass is 10.1. The Morgan fingerprint density at radius 2 is 1.40 bits per heavy atom. The van der Waals surface area contributed by atoms with Crippen molar-refractivity contribution in [2.24, 2.45) is 5.73 Å². The Labute approximate surface area is 170 Å². The molecule has 4 aromatic rings. The van der Waals surface area contributed by atoms with Gasteiger partial charge in [-0.3, -0.25) is 14.0 Å². The van der Waals surface area contributed by atoms with Gasteiger partial charge in [-0.1, -0.05) is 0 Å². The lowest BCUT2D eigenvalue weighted by molar-refractivity contribution is -0.136. The van der Waals surface area contributed by atoms with Gasteiger partial charge in [-0.05, 0) is 36.4 Å². The molecular weight excluding hydrogens is 403 g/mol. The number of aliphatic carboxylic acids is 1. The smallest absolute Gasteiger partial charge is 0.307 e.